The summed E-state index contributed by atoms with van der Waals surface area (Å²) in [6, 6.07) is 7.92. The van der Waals surface area contributed by atoms with Gasteiger partial charge in [0.15, 0.2) is 0 Å². The standard InChI is InChI=1S/C11H15NO/c1-2-5-10-6-3-4-7-11(10)13-9-8-12/h2-7H,8-9,12H2,1H3. The maximum atomic E-state index is 5.46. The van der Waals surface area contributed by atoms with E-state index in [1.54, 1.807) is 0 Å². The van der Waals surface area contributed by atoms with Gasteiger partial charge in [0.1, 0.15) is 12.4 Å². The molecule has 0 aliphatic heterocycles. The van der Waals surface area contributed by atoms with E-state index >= 15 is 0 Å². The number of hydrogen-bond donors (Lipinski definition) is 1. The molecule has 0 bridgehead atoms. The SMILES string of the molecule is CC=Cc1ccccc1OCCN. The monoisotopic (exact) mass is 177 g/mol. The summed E-state index contributed by atoms with van der Waals surface area (Å²) in [5, 5.41) is 0. The van der Waals surface area contributed by atoms with Crippen LogP contribution in [0.5, 0.6) is 5.75 Å². The Hall–Kier alpha value is -1.28. The van der Waals surface area contributed by atoms with Gasteiger partial charge in [0.05, 0.1) is 0 Å². The van der Waals surface area contributed by atoms with E-state index in [-0.39, 0.29) is 0 Å². The van der Waals surface area contributed by atoms with Crippen molar-refractivity contribution < 1.29 is 4.74 Å². The van der Waals surface area contributed by atoms with Crippen LogP contribution >= 0.6 is 0 Å². The molecule has 0 aromatic heterocycles. The summed E-state index contributed by atoms with van der Waals surface area (Å²) in [6.45, 7) is 3.10. The topological polar surface area (TPSA) is 35.2 Å². The van der Waals surface area contributed by atoms with E-state index in [2.05, 4.69) is 0 Å². The fourth-order valence-electron chi connectivity index (χ4n) is 1.10. The molecule has 0 aliphatic carbocycles. The lowest BCUT2D eigenvalue weighted by atomic mass is 10.2. The molecule has 0 spiro atoms. The summed E-state index contributed by atoms with van der Waals surface area (Å²) in [6.07, 6.45) is 4.01. The van der Waals surface area contributed by atoms with Crippen molar-refractivity contribution >= 4 is 6.08 Å². The lowest BCUT2D eigenvalue weighted by Gasteiger charge is -2.07. The Bertz CT molecular complexity index is 281. The van der Waals surface area contributed by atoms with Crippen molar-refractivity contribution in [1.29, 1.82) is 0 Å². The molecule has 2 heteroatoms. The highest BCUT2D eigenvalue weighted by molar-refractivity contribution is 5.56. The first-order valence-corrected chi connectivity index (χ1v) is 4.43. The van der Waals surface area contributed by atoms with Crippen LogP contribution in [0, 0.1) is 0 Å². The molecule has 0 saturated heterocycles. The molecule has 1 aromatic carbocycles. The fraction of sp³-hybridized carbons (Fsp3) is 0.273. The molecule has 0 heterocycles. The second-order valence-electron chi connectivity index (χ2n) is 2.67. The van der Waals surface area contributed by atoms with Crippen LogP contribution in [0.2, 0.25) is 0 Å². The maximum Gasteiger partial charge on any atom is 0.126 e. The summed E-state index contributed by atoms with van der Waals surface area (Å²) in [7, 11) is 0. The maximum absolute atomic E-state index is 5.46. The van der Waals surface area contributed by atoms with E-state index in [1.807, 2.05) is 43.3 Å². The first kappa shape index (κ1) is 9.81. The average Bonchev–Trinajstić information content (AvgIpc) is 2.17. The highest BCUT2D eigenvalue weighted by atomic mass is 16.5. The lowest BCUT2D eigenvalue weighted by molar-refractivity contribution is 0.327. The Morgan fingerprint density at radius 1 is 1.38 bits per heavy atom. The van der Waals surface area contributed by atoms with Gasteiger partial charge in [-0.15, -0.1) is 0 Å². The third kappa shape index (κ3) is 2.92. The minimum absolute atomic E-state index is 0.546. The van der Waals surface area contributed by atoms with E-state index in [0.29, 0.717) is 13.2 Å². The summed E-state index contributed by atoms with van der Waals surface area (Å²) in [5.41, 5.74) is 6.45. The molecule has 0 saturated carbocycles. The van der Waals surface area contributed by atoms with Crippen molar-refractivity contribution in [2.24, 2.45) is 5.73 Å². The molecule has 0 radical (unpaired) electrons. The van der Waals surface area contributed by atoms with Crippen molar-refractivity contribution in [3.05, 3.63) is 35.9 Å². The average molecular weight is 177 g/mol. The summed E-state index contributed by atoms with van der Waals surface area (Å²) in [5.74, 6) is 0.894. The molecular weight excluding hydrogens is 162 g/mol. The van der Waals surface area contributed by atoms with E-state index in [4.69, 9.17) is 10.5 Å². The molecular formula is C11H15NO. The smallest absolute Gasteiger partial charge is 0.126 e. The zero-order valence-electron chi connectivity index (χ0n) is 7.86. The predicted molar refractivity (Wildman–Crippen MR) is 55.7 cm³/mol. The Labute approximate surface area is 79.0 Å². The highest BCUT2D eigenvalue weighted by Gasteiger charge is 1.97. The third-order valence-corrected chi connectivity index (χ3v) is 1.64. The molecule has 0 aliphatic rings. The van der Waals surface area contributed by atoms with Gasteiger partial charge >= 0.3 is 0 Å². The highest BCUT2D eigenvalue weighted by Crippen LogP contribution is 2.18. The van der Waals surface area contributed by atoms with Gasteiger partial charge in [-0.25, -0.2) is 0 Å². The van der Waals surface area contributed by atoms with Crippen molar-refractivity contribution in [3.63, 3.8) is 0 Å². The lowest BCUT2D eigenvalue weighted by Crippen LogP contribution is -2.10. The van der Waals surface area contributed by atoms with Gasteiger partial charge in [-0.3, -0.25) is 0 Å². The van der Waals surface area contributed by atoms with Gasteiger partial charge in [-0.1, -0.05) is 30.4 Å². The van der Waals surface area contributed by atoms with E-state index < -0.39 is 0 Å². The molecule has 2 nitrogen and oxygen atoms in total. The quantitative estimate of drug-likeness (QED) is 0.764. The molecule has 0 fully saturated rings. The Balaban J connectivity index is 2.78. The molecule has 70 valence electrons. The number of para-hydroxylation sites is 1. The number of benzene rings is 1. The van der Waals surface area contributed by atoms with Gasteiger partial charge < -0.3 is 10.5 Å². The second-order valence-corrected chi connectivity index (χ2v) is 2.67. The minimum Gasteiger partial charge on any atom is -0.492 e. The normalized spacial score (nSPS) is 10.6. The number of nitrogens with two attached hydrogens (primary N) is 1. The second kappa shape index (κ2) is 5.38. The number of hydrogen-bond acceptors (Lipinski definition) is 2. The van der Waals surface area contributed by atoms with Crippen molar-refractivity contribution in [2.75, 3.05) is 13.2 Å². The number of ether oxygens (including phenoxy) is 1. The van der Waals surface area contributed by atoms with Crippen molar-refractivity contribution in [2.45, 2.75) is 6.92 Å². The van der Waals surface area contributed by atoms with Crippen LogP contribution in [-0.4, -0.2) is 13.2 Å². The summed E-state index contributed by atoms with van der Waals surface area (Å²) >= 11 is 0. The van der Waals surface area contributed by atoms with Gasteiger partial charge in [-0.05, 0) is 13.0 Å². The predicted octanol–water partition coefficient (Wildman–Crippen LogP) is 2.06. The molecule has 13 heavy (non-hydrogen) atoms. The van der Waals surface area contributed by atoms with Crippen LogP contribution in [0.15, 0.2) is 30.3 Å². The number of allylic oxidation sites excluding steroid dienone is 1. The Morgan fingerprint density at radius 2 is 2.15 bits per heavy atom. The van der Waals surface area contributed by atoms with Gasteiger partial charge in [0.25, 0.3) is 0 Å². The van der Waals surface area contributed by atoms with Gasteiger partial charge in [0, 0.05) is 12.1 Å². The van der Waals surface area contributed by atoms with Crippen LogP contribution in [-0.2, 0) is 0 Å². The van der Waals surface area contributed by atoms with Crippen molar-refractivity contribution in [1.82, 2.24) is 0 Å². The fourth-order valence-corrected chi connectivity index (χ4v) is 1.10. The number of rotatable bonds is 4. The molecule has 2 N–H and O–H groups in total. The van der Waals surface area contributed by atoms with Gasteiger partial charge in [0.2, 0.25) is 0 Å². The molecule has 0 unspecified atom stereocenters. The van der Waals surface area contributed by atoms with Crippen molar-refractivity contribution in [3.8, 4) is 5.75 Å². The molecule has 1 rings (SSSR count). The third-order valence-electron chi connectivity index (χ3n) is 1.64. The first-order valence-electron chi connectivity index (χ1n) is 4.43. The molecule has 1 aromatic rings. The van der Waals surface area contributed by atoms with E-state index in [0.717, 1.165) is 11.3 Å². The van der Waals surface area contributed by atoms with E-state index in [9.17, 15) is 0 Å². The van der Waals surface area contributed by atoms with Crippen LogP contribution in [0.1, 0.15) is 12.5 Å². The molecule has 0 atom stereocenters. The summed E-state index contributed by atoms with van der Waals surface area (Å²) < 4.78 is 5.46. The van der Waals surface area contributed by atoms with Crippen LogP contribution in [0.25, 0.3) is 6.08 Å². The zero-order chi connectivity index (χ0) is 9.52. The Morgan fingerprint density at radius 3 is 2.85 bits per heavy atom. The van der Waals surface area contributed by atoms with Crippen LogP contribution in [0.3, 0.4) is 0 Å². The van der Waals surface area contributed by atoms with E-state index in [1.165, 1.54) is 0 Å². The summed E-state index contributed by atoms with van der Waals surface area (Å²) in [4.78, 5) is 0. The molecule has 0 amide bonds. The largest absolute Gasteiger partial charge is 0.492 e. The van der Waals surface area contributed by atoms with Crippen LogP contribution < -0.4 is 10.5 Å². The zero-order valence-corrected chi connectivity index (χ0v) is 7.86. The Kier molecular flexibility index (Phi) is 4.06. The van der Waals surface area contributed by atoms with Gasteiger partial charge in [-0.2, -0.15) is 0 Å². The first-order chi connectivity index (χ1) is 6.38. The minimum atomic E-state index is 0.546. The van der Waals surface area contributed by atoms with Crippen LogP contribution in [0.4, 0.5) is 0 Å².